The zero-order valence-corrected chi connectivity index (χ0v) is 28.5. The van der Waals surface area contributed by atoms with Crippen molar-refractivity contribution in [3.05, 3.63) is 206 Å². The summed E-state index contributed by atoms with van der Waals surface area (Å²) in [5.41, 5.74) is 11.7. The minimum absolute atomic E-state index is 1.11. The molecule has 0 bridgehead atoms. The van der Waals surface area contributed by atoms with Gasteiger partial charge in [0.15, 0.2) is 0 Å². The van der Waals surface area contributed by atoms with E-state index in [0.717, 1.165) is 22.7 Å². The number of para-hydroxylation sites is 2. The molecule has 10 aromatic rings. The van der Waals surface area contributed by atoms with Gasteiger partial charge in [-0.15, -0.1) is 0 Å². The van der Waals surface area contributed by atoms with Gasteiger partial charge in [-0.1, -0.05) is 146 Å². The molecule has 1 aromatic heterocycles. The maximum absolute atomic E-state index is 2.37. The van der Waals surface area contributed by atoms with Crippen LogP contribution >= 0.6 is 0 Å². The topological polar surface area (TPSA) is 8.17 Å². The summed E-state index contributed by atoms with van der Waals surface area (Å²) in [5.74, 6) is 0. The SMILES string of the molecule is c1ccc(-c2ccc(N(c3ccc(-c4ccc(-n5c6ccccc6c6ccccc65)cc4)cc3)c3ccc4ccc5ccccc5c4c3)cc2)cc1. The summed E-state index contributed by atoms with van der Waals surface area (Å²) in [6.45, 7) is 0. The van der Waals surface area contributed by atoms with Crippen molar-refractivity contribution in [3.63, 3.8) is 0 Å². The quantitative estimate of drug-likeness (QED) is 0.161. The fraction of sp³-hybridized carbons (Fsp3) is 0. The highest BCUT2D eigenvalue weighted by atomic mass is 15.1. The number of nitrogens with zero attached hydrogens (tertiary/aromatic N) is 2. The Morgan fingerprint density at radius 1 is 0.288 bits per heavy atom. The Bertz CT molecular complexity index is 2810. The summed E-state index contributed by atoms with van der Waals surface area (Å²) in [7, 11) is 0. The van der Waals surface area contributed by atoms with Gasteiger partial charge in [0, 0.05) is 33.5 Å². The number of hydrogen-bond acceptors (Lipinski definition) is 1. The lowest BCUT2D eigenvalue weighted by Gasteiger charge is -2.26. The lowest BCUT2D eigenvalue weighted by Crippen LogP contribution is -2.09. The molecule has 0 unspecified atom stereocenters. The summed E-state index contributed by atoms with van der Waals surface area (Å²) in [6, 6.07) is 74.6. The molecule has 0 spiro atoms. The molecule has 0 amide bonds. The Morgan fingerprint density at radius 3 is 1.31 bits per heavy atom. The van der Waals surface area contributed by atoms with Gasteiger partial charge in [0.1, 0.15) is 0 Å². The highest BCUT2D eigenvalue weighted by Crippen LogP contribution is 2.39. The predicted molar refractivity (Wildman–Crippen MR) is 221 cm³/mol. The molecule has 0 aliphatic carbocycles. The molecule has 2 nitrogen and oxygen atoms in total. The van der Waals surface area contributed by atoms with Crippen LogP contribution < -0.4 is 4.90 Å². The van der Waals surface area contributed by atoms with Crippen molar-refractivity contribution in [3.8, 4) is 27.9 Å². The van der Waals surface area contributed by atoms with Crippen LogP contribution in [0.4, 0.5) is 17.1 Å². The van der Waals surface area contributed by atoms with E-state index >= 15 is 0 Å². The second-order valence-corrected chi connectivity index (χ2v) is 13.4. The van der Waals surface area contributed by atoms with E-state index in [9.17, 15) is 0 Å². The zero-order valence-electron chi connectivity index (χ0n) is 28.5. The smallest absolute Gasteiger partial charge is 0.0541 e. The highest BCUT2D eigenvalue weighted by Gasteiger charge is 2.16. The van der Waals surface area contributed by atoms with Crippen molar-refractivity contribution in [1.29, 1.82) is 0 Å². The number of hydrogen-bond donors (Lipinski definition) is 0. The summed E-state index contributed by atoms with van der Waals surface area (Å²) >= 11 is 0. The van der Waals surface area contributed by atoms with Gasteiger partial charge in [-0.25, -0.2) is 0 Å². The van der Waals surface area contributed by atoms with E-state index in [-0.39, 0.29) is 0 Å². The molecule has 10 rings (SSSR count). The van der Waals surface area contributed by atoms with Crippen LogP contribution in [0.1, 0.15) is 0 Å². The predicted octanol–water partition coefficient (Wildman–Crippen LogP) is 13.9. The number of anilines is 3. The van der Waals surface area contributed by atoms with Gasteiger partial charge in [0.05, 0.1) is 11.0 Å². The third-order valence-electron chi connectivity index (χ3n) is 10.4. The first-order chi connectivity index (χ1) is 25.8. The Morgan fingerprint density at radius 2 is 0.712 bits per heavy atom. The van der Waals surface area contributed by atoms with E-state index in [1.165, 1.54) is 65.6 Å². The molecule has 52 heavy (non-hydrogen) atoms. The van der Waals surface area contributed by atoms with Crippen molar-refractivity contribution < 1.29 is 0 Å². The molecule has 2 heteroatoms. The molecule has 0 saturated heterocycles. The normalized spacial score (nSPS) is 11.5. The van der Waals surface area contributed by atoms with Crippen molar-refractivity contribution in [2.45, 2.75) is 0 Å². The average Bonchev–Trinajstić information content (AvgIpc) is 3.56. The van der Waals surface area contributed by atoms with E-state index < -0.39 is 0 Å². The van der Waals surface area contributed by atoms with E-state index in [0.29, 0.717) is 0 Å². The number of fused-ring (bicyclic) bond motifs is 6. The average molecular weight is 663 g/mol. The Labute approximate surface area is 303 Å². The summed E-state index contributed by atoms with van der Waals surface area (Å²) in [6.07, 6.45) is 0. The van der Waals surface area contributed by atoms with Gasteiger partial charge in [-0.2, -0.15) is 0 Å². The Kier molecular flexibility index (Phi) is 7.18. The minimum atomic E-state index is 1.11. The second-order valence-electron chi connectivity index (χ2n) is 13.4. The van der Waals surface area contributed by atoms with Gasteiger partial charge in [0.2, 0.25) is 0 Å². The standard InChI is InChI=1S/C50H34N2/c1-2-10-35(11-3-1)36-20-27-41(28-21-36)51(44-33-26-40-19-18-39-12-4-5-13-45(39)48(40)34-44)42-29-22-37(23-30-42)38-24-31-43(32-25-38)52-49-16-8-6-14-46(49)47-15-7-9-17-50(47)52/h1-34H. The molecule has 0 N–H and O–H groups in total. The molecule has 0 fully saturated rings. The number of benzene rings is 9. The number of aromatic nitrogens is 1. The van der Waals surface area contributed by atoms with Gasteiger partial charge < -0.3 is 9.47 Å². The fourth-order valence-corrected chi connectivity index (χ4v) is 7.82. The van der Waals surface area contributed by atoms with Gasteiger partial charge in [-0.3, -0.25) is 0 Å². The van der Waals surface area contributed by atoms with Crippen LogP contribution in [0, 0.1) is 0 Å². The first kappa shape index (κ1) is 30.0. The number of rotatable bonds is 6. The maximum Gasteiger partial charge on any atom is 0.0541 e. The van der Waals surface area contributed by atoms with Crippen molar-refractivity contribution >= 4 is 60.4 Å². The summed E-state index contributed by atoms with van der Waals surface area (Å²) in [4.78, 5) is 2.37. The second kappa shape index (κ2) is 12.5. The van der Waals surface area contributed by atoms with Crippen molar-refractivity contribution in [1.82, 2.24) is 4.57 Å². The highest BCUT2D eigenvalue weighted by molar-refractivity contribution is 6.10. The molecule has 1 heterocycles. The van der Waals surface area contributed by atoms with Gasteiger partial charge in [-0.05, 0) is 104 Å². The van der Waals surface area contributed by atoms with E-state index in [1.807, 2.05) is 0 Å². The fourth-order valence-electron chi connectivity index (χ4n) is 7.82. The van der Waals surface area contributed by atoms with Gasteiger partial charge >= 0.3 is 0 Å². The van der Waals surface area contributed by atoms with Crippen LogP contribution in [0.2, 0.25) is 0 Å². The zero-order chi connectivity index (χ0) is 34.4. The third-order valence-corrected chi connectivity index (χ3v) is 10.4. The van der Waals surface area contributed by atoms with E-state index in [4.69, 9.17) is 0 Å². The minimum Gasteiger partial charge on any atom is -0.310 e. The van der Waals surface area contributed by atoms with Crippen LogP contribution in [-0.2, 0) is 0 Å². The van der Waals surface area contributed by atoms with Crippen molar-refractivity contribution in [2.24, 2.45) is 0 Å². The maximum atomic E-state index is 2.37. The molecule has 9 aromatic carbocycles. The third kappa shape index (κ3) is 5.12. The Hall–Kier alpha value is -6.90. The Balaban J connectivity index is 1.04. The largest absolute Gasteiger partial charge is 0.310 e. The molecular weight excluding hydrogens is 629 g/mol. The lowest BCUT2D eigenvalue weighted by molar-refractivity contribution is 1.18. The van der Waals surface area contributed by atoms with Crippen LogP contribution in [0.15, 0.2) is 206 Å². The van der Waals surface area contributed by atoms with Crippen LogP contribution in [0.25, 0.3) is 71.3 Å². The molecule has 0 radical (unpaired) electrons. The first-order valence-electron chi connectivity index (χ1n) is 17.8. The van der Waals surface area contributed by atoms with E-state index in [1.54, 1.807) is 0 Å². The van der Waals surface area contributed by atoms with E-state index in [2.05, 4.69) is 216 Å². The van der Waals surface area contributed by atoms with Gasteiger partial charge in [0.25, 0.3) is 0 Å². The van der Waals surface area contributed by atoms with Crippen LogP contribution in [-0.4, -0.2) is 4.57 Å². The molecule has 0 aliphatic heterocycles. The van der Waals surface area contributed by atoms with Crippen LogP contribution in [0.5, 0.6) is 0 Å². The monoisotopic (exact) mass is 662 g/mol. The van der Waals surface area contributed by atoms with Crippen molar-refractivity contribution in [2.75, 3.05) is 4.90 Å². The lowest BCUT2D eigenvalue weighted by atomic mass is 10.0. The summed E-state index contributed by atoms with van der Waals surface area (Å²) < 4.78 is 2.37. The molecule has 0 saturated carbocycles. The summed E-state index contributed by atoms with van der Waals surface area (Å²) in [5, 5.41) is 7.55. The first-order valence-corrected chi connectivity index (χ1v) is 17.8. The molecule has 244 valence electrons. The molecule has 0 aliphatic rings. The molecular formula is C50H34N2. The van der Waals surface area contributed by atoms with Crippen LogP contribution in [0.3, 0.4) is 0 Å². The molecule has 0 atom stereocenters.